The molecule has 6 heteroatoms. The molecule has 2 N–H and O–H groups in total. The van der Waals surface area contributed by atoms with Crippen molar-refractivity contribution in [1.29, 1.82) is 0 Å². The van der Waals surface area contributed by atoms with Gasteiger partial charge in [-0.05, 0) is 86.7 Å². The first-order valence-corrected chi connectivity index (χ1v) is 12.8. The number of aryl methyl sites for hydroxylation is 1. The molecule has 2 aliphatic heterocycles. The first kappa shape index (κ1) is 25.0. The molecule has 0 bridgehead atoms. The van der Waals surface area contributed by atoms with Gasteiger partial charge in [0.1, 0.15) is 6.10 Å². The van der Waals surface area contributed by atoms with Gasteiger partial charge in [-0.25, -0.2) is 9.59 Å². The minimum absolute atomic E-state index is 0.390. The third-order valence-corrected chi connectivity index (χ3v) is 7.11. The number of likely N-dealkylation sites (tertiary alicyclic amines) is 1. The summed E-state index contributed by atoms with van der Waals surface area (Å²) in [7, 11) is 0. The number of nitrogens with zero attached hydrogens (tertiary/aromatic N) is 1. The van der Waals surface area contributed by atoms with Crippen molar-refractivity contribution in [2.45, 2.75) is 57.6 Å². The lowest BCUT2D eigenvalue weighted by molar-refractivity contribution is -0.144. The van der Waals surface area contributed by atoms with E-state index in [1.165, 1.54) is 17.5 Å². The molecule has 2 aromatic rings. The fourth-order valence-electron chi connectivity index (χ4n) is 5.11. The Labute approximate surface area is 208 Å². The van der Waals surface area contributed by atoms with Crippen molar-refractivity contribution in [3.8, 4) is 0 Å². The molecule has 1 saturated heterocycles. The lowest BCUT2D eigenvalue weighted by Crippen LogP contribution is -2.33. The highest BCUT2D eigenvalue weighted by Crippen LogP contribution is 2.33. The molecular weight excluding hydrogens is 440 g/mol. The number of carboxylic acid groups (broad SMARTS) is 1. The molecule has 0 saturated carbocycles. The van der Waals surface area contributed by atoms with E-state index in [1.54, 1.807) is 0 Å². The number of hydrogen-bond acceptors (Lipinski definition) is 5. The number of esters is 1. The van der Waals surface area contributed by atoms with Crippen LogP contribution in [0.3, 0.4) is 0 Å². The van der Waals surface area contributed by atoms with Crippen molar-refractivity contribution in [2.24, 2.45) is 5.92 Å². The third-order valence-electron chi connectivity index (χ3n) is 7.11. The van der Waals surface area contributed by atoms with Crippen LogP contribution in [0.15, 0.2) is 60.7 Å². The Hall–Kier alpha value is -3.12. The molecular formula is C29H36N2O4. The van der Waals surface area contributed by atoms with Crippen molar-refractivity contribution in [2.75, 3.05) is 25.0 Å². The molecule has 0 amide bonds. The molecule has 0 spiro atoms. The smallest absolute Gasteiger partial charge is 0.331 e. The van der Waals surface area contributed by atoms with Crippen LogP contribution in [0.2, 0.25) is 0 Å². The van der Waals surface area contributed by atoms with Crippen molar-refractivity contribution in [1.82, 2.24) is 4.90 Å². The number of ether oxygens (including phenoxy) is 1. The zero-order chi connectivity index (χ0) is 24.5. The van der Waals surface area contributed by atoms with E-state index < -0.39 is 18.0 Å². The number of carboxylic acids is 1. The molecule has 0 radical (unpaired) electrons. The number of rotatable bonds is 9. The Bertz CT molecular complexity index is 1010. The summed E-state index contributed by atoms with van der Waals surface area (Å²) in [6.07, 6.45) is 8.79. The van der Waals surface area contributed by atoms with Gasteiger partial charge in [0.25, 0.3) is 0 Å². The van der Waals surface area contributed by atoms with Gasteiger partial charge in [0, 0.05) is 30.9 Å². The Morgan fingerprint density at radius 2 is 1.89 bits per heavy atom. The normalized spacial score (nSPS) is 17.8. The Balaban J connectivity index is 1.37. The summed E-state index contributed by atoms with van der Waals surface area (Å²) in [4.78, 5) is 25.7. The van der Waals surface area contributed by atoms with Gasteiger partial charge in [-0.2, -0.15) is 0 Å². The average Bonchev–Trinajstić information content (AvgIpc) is 3.12. The number of hydrogen-bond donors (Lipinski definition) is 2. The van der Waals surface area contributed by atoms with E-state index in [2.05, 4.69) is 58.7 Å². The van der Waals surface area contributed by atoms with Gasteiger partial charge in [-0.15, -0.1) is 0 Å². The first-order valence-electron chi connectivity index (χ1n) is 12.8. The molecule has 35 heavy (non-hydrogen) atoms. The van der Waals surface area contributed by atoms with E-state index in [9.17, 15) is 9.59 Å². The van der Waals surface area contributed by atoms with Crippen LogP contribution in [0.5, 0.6) is 0 Å². The number of carbonyl (C=O) groups excluding carboxylic acids is 1. The number of fused-ring (bicyclic) bond motifs is 1. The highest BCUT2D eigenvalue weighted by molar-refractivity contribution is 5.90. The number of nitrogens with one attached hydrogen (secondary N) is 1. The van der Waals surface area contributed by atoms with Crippen LogP contribution in [0, 0.1) is 5.92 Å². The zero-order valence-electron chi connectivity index (χ0n) is 20.3. The molecule has 186 valence electrons. The fourth-order valence-corrected chi connectivity index (χ4v) is 5.11. The number of carbonyl (C=O) groups is 2. The van der Waals surface area contributed by atoms with Crippen LogP contribution in [-0.2, 0) is 27.3 Å². The quantitative estimate of drug-likeness (QED) is 0.375. The van der Waals surface area contributed by atoms with Crippen molar-refractivity contribution >= 4 is 17.6 Å². The van der Waals surface area contributed by atoms with E-state index in [-0.39, 0.29) is 0 Å². The summed E-state index contributed by atoms with van der Waals surface area (Å²) in [5.41, 5.74) is 4.74. The molecule has 1 fully saturated rings. The van der Waals surface area contributed by atoms with Gasteiger partial charge in [0.05, 0.1) is 0 Å². The Morgan fingerprint density at radius 1 is 1.09 bits per heavy atom. The molecule has 6 nitrogen and oxygen atoms in total. The summed E-state index contributed by atoms with van der Waals surface area (Å²) >= 11 is 0. The van der Waals surface area contributed by atoms with Crippen LogP contribution < -0.4 is 5.32 Å². The van der Waals surface area contributed by atoms with E-state index in [0.717, 1.165) is 88.1 Å². The molecule has 1 unspecified atom stereocenters. The van der Waals surface area contributed by atoms with E-state index in [1.807, 2.05) is 0 Å². The molecule has 0 aromatic heterocycles. The zero-order valence-corrected chi connectivity index (χ0v) is 20.3. The number of anilines is 1. The Kier molecular flexibility index (Phi) is 8.96. The summed E-state index contributed by atoms with van der Waals surface area (Å²) in [6, 6.07) is 16.9. The van der Waals surface area contributed by atoms with Gasteiger partial charge < -0.3 is 15.2 Å². The summed E-state index contributed by atoms with van der Waals surface area (Å²) in [5, 5.41) is 12.4. The molecule has 0 aliphatic carbocycles. The highest BCUT2D eigenvalue weighted by atomic mass is 16.5. The monoisotopic (exact) mass is 476 g/mol. The lowest BCUT2D eigenvalue weighted by Gasteiger charge is -2.32. The van der Waals surface area contributed by atoms with Crippen LogP contribution in [-0.4, -0.2) is 41.6 Å². The van der Waals surface area contributed by atoms with Crippen molar-refractivity contribution in [3.05, 3.63) is 77.4 Å². The van der Waals surface area contributed by atoms with Crippen LogP contribution >= 0.6 is 0 Å². The van der Waals surface area contributed by atoms with Crippen molar-refractivity contribution in [3.63, 3.8) is 0 Å². The predicted octanol–water partition coefficient (Wildman–Crippen LogP) is 5.35. The molecule has 2 aromatic carbocycles. The van der Waals surface area contributed by atoms with Gasteiger partial charge >= 0.3 is 11.9 Å². The second kappa shape index (κ2) is 12.5. The number of piperidine rings is 1. The average molecular weight is 477 g/mol. The van der Waals surface area contributed by atoms with Crippen molar-refractivity contribution < 1.29 is 19.4 Å². The van der Waals surface area contributed by atoms with E-state index in [0.29, 0.717) is 5.92 Å². The lowest BCUT2D eigenvalue weighted by atomic mass is 9.89. The maximum atomic E-state index is 12.3. The molecule has 1 atom stereocenters. The maximum Gasteiger partial charge on any atom is 0.331 e. The largest absolute Gasteiger partial charge is 0.478 e. The first-order chi connectivity index (χ1) is 17.1. The topological polar surface area (TPSA) is 78.9 Å². The molecule has 2 aliphatic rings. The highest BCUT2D eigenvalue weighted by Gasteiger charge is 2.23. The number of aliphatic carboxylic acids is 1. The van der Waals surface area contributed by atoms with Gasteiger partial charge in [0.15, 0.2) is 0 Å². The third kappa shape index (κ3) is 7.69. The minimum Gasteiger partial charge on any atom is -0.478 e. The van der Waals surface area contributed by atoms with E-state index >= 15 is 0 Å². The SMILES string of the molecule is O=C(O)/C=C/C(=O)OC(CCC1CCN(Cc2ccccc2)CC1)c1ccc2c(c1)NCCCC2. The van der Waals surface area contributed by atoms with E-state index in [4.69, 9.17) is 9.84 Å². The fraction of sp³-hybridized carbons (Fsp3) is 0.448. The summed E-state index contributed by atoms with van der Waals surface area (Å²) < 4.78 is 5.77. The van der Waals surface area contributed by atoms with Gasteiger partial charge in [0.2, 0.25) is 0 Å². The standard InChI is InChI=1S/C29H36N2O4/c32-28(33)13-14-29(34)35-27(25-11-10-24-8-4-5-17-30-26(24)20-25)12-9-22-15-18-31(19-16-22)21-23-6-2-1-3-7-23/h1-3,6-7,10-11,13-14,20,22,27,30H,4-5,8-9,12,15-19,21H2,(H,32,33)/b14-13+. The molecule has 4 rings (SSSR count). The maximum absolute atomic E-state index is 12.3. The second-order valence-corrected chi connectivity index (χ2v) is 9.68. The van der Waals surface area contributed by atoms with Crippen LogP contribution in [0.4, 0.5) is 5.69 Å². The van der Waals surface area contributed by atoms with Gasteiger partial charge in [-0.3, -0.25) is 4.90 Å². The summed E-state index contributed by atoms with van der Waals surface area (Å²) in [5.74, 6) is -1.18. The summed E-state index contributed by atoms with van der Waals surface area (Å²) in [6.45, 7) is 4.10. The van der Waals surface area contributed by atoms with Crippen LogP contribution in [0.25, 0.3) is 0 Å². The molecule has 2 heterocycles. The van der Waals surface area contributed by atoms with Crippen LogP contribution in [0.1, 0.15) is 61.3 Å². The second-order valence-electron chi connectivity index (χ2n) is 9.68. The minimum atomic E-state index is -1.16. The Morgan fingerprint density at radius 3 is 2.66 bits per heavy atom. The van der Waals surface area contributed by atoms with Gasteiger partial charge in [-0.1, -0.05) is 42.5 Å². The predicted molar refractivity (Wildman–Crippen MR) is 137 cm³/mol. The number of benzene rings is 2.